The summed E-state index contributed by atoms with van der Waals surface area (Å²) < 4.78 is 48.4. The van der Waals surface area contributed by atoms with Crippen molar-refractivity contribution in [3.8, 4) is 0 Å². The Morgan fingerprint density at radius 1 is 1.38 bits per heavy atom. The first kappa shape index (κ1) is 18.5. The molecule has 0 radical (unpaired) electrons. The van der Waals surface area contributed by atoms with Crippen LogP contribution in [0.25, 0.3) is 6.08 Å². The minimum absolute atomic E-state index is 0.294. The summed E-state index contributed by atoms with van der Waals surface area (Å²) in [4.78, 5) is 13.9. The highest BCUT2D eigenvalue weighted by Crippen LogP contribution is 2.29. The summed E-state index contributed by atoms with van der Waals surface area (Å²) >= 11 is 0. The lowest BCUT2D eigenvalue weighted by atomic mass is 10.1. The summed E-state index contributed by atoms with van der Waals surface area (Å²) in [5.74, 6) is -0.576. The van der Waals surface area contributed by atoms with Crippen molar-refractivity contribution in [2.45, 2.75) is 19.2 Å². The second kappa shape index (κ2) is 8.30. The molecule has 1 aromatic rings. The van der Waals surface area contributed by atoms with Crippen LogP contribution < -0.4 is 0 Å². The van der Waals surface area contributed by atoms with E-state index in [1.807, 2.05) is 0 Å². The molecule has 1 atom stereocenters. The first-order valence-electron chi connectivity index (χ1n) is 7.70. The zero-order valence-electron chi connectivity index (χ0n) is 13.4. The Kier molecular flexibility index (Phi) is 6.39. The van der Waals surface area contributed by atoms with Crippen LogP contribution in [-0.2, 0) is 20.4 Å². The van der Waals surface area contributed by atoms with Gasteiger partial charge >= 0.3 is 12.1 Å². The van der Waals surface area contributed by atoms with Gasteiger partial charge in [-0.2, -0.15) is 13.2 Å². The van der Waals surface area contributed by atoms with E-state index in [-0.39, 0.29) is 6.10 Å². The van der Waals surface area contributed by atoms with Crippen molar-refractivity contribution in [2.24, 2.45) is 0 Å². The van der Waals surface area contributed by atoms with E-state index in [1.54, 1.807) is 6.92 Å². The summed E-state index contributed by atoms with van der Waals surface area (Å²) in [6.45, 7) is 5.30. The number of rotatable bonds is 5. The van der Waals surface area contributed by atoms with Crippen molar-refractivity contribution >= 4 is 12.0 Å². The molecule has 1 aliphatic heterocycles. The van der Waals surface area contributed by atoms with E-state index in [0.29, 0.717) is 25.3 Å². The fourth-order valence-corrected chi connectivity index (χ4v) is 2.41. The van der Waals surface area contributed by atoms with Gasteiger partial charge in [-0.05, 0) is 30.7 Å². The highest BCUT2D eigenvalue weighted by molar-refractivity contribution is 5.87. The molecule has 1 unspecified atom stereocenters. The van der Waals surface area contributed by atoms with Crippen molar-refractivity contribution in [3.63, 3.8) is 0 Å². The number of esters is 1. The molecule has 24 heavy (non-hydrogen) atoms. The number of halogens is 3. The lowest BCUT2D eigenvalue weighted by Crippen LogP contribution is -2.41. The zero-order chi connectivity index (χ0) is 17.6. The second-order valence-corrected chi connectivity index (χ2v) is 5.62. The number of hydrogen-bond donors (Lipinski definition) is 0. The van der Waals surface area contributed by atoms with E-state index in [4.69, 9.17) is 9.47 Å². The standard InChI is InChI=1S/C17H20F3NO3/c1-13(12-21-7-9-23-10-8-21)24-16(22)6-5-14-3-2-4-15(11-14)17(18,19)20/h2-6,11,13H,7-10,12H2,1H3. The minimum Gasteiger partial charge on any atom is -0.458 e. The van der Waals surface area contributed by atoms with Gasteiger partial charge in [-0.3, -0.25) is 4.90 Å². The molecule has 0 aliphatic carbocycles. The average Bonchev–Trinajstić information content (AvgIpc) is 2.53. The molecule has 2 rings (SSSR count). The van der Waals surface area contributed by atoms with Gasteiger partial charge in [0, 0.05) is 25.7 Å². The van der Waals surface area contributed by atoms with Crippen LogP contribution in [0.5, 0.6) is 0 Å². The molecule has 0 amide bonds. The fraction of sp³-hybridized carbons (Fsp3) is 0.471. The molecule has 0 aromatic heterocycles. The van der Waals surface area contributed by atoms with Gasteiger partial charge in [0.05, 0.1) is 18.8 Å². The molecule has 1 fully saturated rings. The van der Waals surface area contributed by atoms with Crippen molar-refractivity contribution in [3.05, 3.63) is 41.5 Å². The number of benzene rings is 1. The van der Waals surface area contributed by atoms with Crippen molar-refractivity contribution in [1.82, 2.24) is 4.90 Å². The maximum absolute atomic E-state index is 12.6. The highest BCUT2D eigenvalue weighted by Gasteiger charge is 2.30. The third-order valence-corrected chi connectivity index (χ3v) is 3.56. The van der Waals surface area contributed by atoms with Crippen LogP contribution in [0.2, 0.25) is 0 Å². The Labute approximate surface area is 138 Å². The molecule has 1 heterocycles. The fourth-order valence-electron chi connectivity index (χ4n) is 2.41. The lowest BCUT2D eigenvalue weighted by molar-refractivity contribution is -0.143. The number of ether oxygens (including phenoxy) is 2. The molecule has 1 saturated heterocycles. The topological polar surface area (TPSA) is 38.8 Å². The van der Waals surface area contributed by atoms with Crippen LogP contribution >= 0.6 is 0 Å². The number of alkyl halides is 3. The second-order valence-electron chi connectivity index (χ2n) is 5.62. The monoisotopic (exact) mass is 343 g/mol. The van der Waals surface area contributed by atoms with Crippen LogP contribution in [0, 0.1) is 0 Å². The van der Waals surface area contributed by atoms with Gasteiger partial charge < -0.3 is 9.47 Å². The number of morpholine rings is 1. The summed E-state index contributed by atoms with van der Waals surface area (Å²) in [6.07, 6.45) is -2.25. The largest absolute Gasteiger partial charge is 0.458 e. The summed E-state index contributed by atoms with van der Waals surface area (Å²) in [7, 11) is 0. The van der Waals surface area contributed by atoms with Gasteiger partial charge in [-0.1, -0.05) is 12.1 Å². The van der Waals surface area contributed by atoms with Gasteiger partial charge in [0.15, 0.2) is 0 Å². The van der Waals surface area contributed by atoms with Crippen molar-refractivity contribution < 1.29 is 27.4 Å². The summed E-state index contributed by atoms with van der Waals surface area (Å²) in [5, 5.41) is 0. The van der Waals surface area contributed by atoms with E-state index in [9.17, 15) is 18.0 Å². The highest BCUT2D eigenvalue weighted by atomic mass is 19.4. The predicted octanol–water partition coefficient (Wildman–Crippen LogP) is 2.98. The Balaban J connectivity index is 1.86. The molecule has 4 nitrogen and oxygen atoms in total. The molecule has 0 bridgehead atoms. The molecule has 0 spiro atoms. The van der Waals surface area contributed by atoms with Crippen LogP contribution in [-0.4, -0.2) is 49.8 Å². The molecule has 1 aromatic carbocycles. The molecule has 0 saturated carbocycles. The molecule has 0 N–H and O–H groups in total. The van der Waals surface area contributed by atoms with Gasteiger partial charge in [0.2, 0.25) is 0 Å². The van der Waals surface area contributed by atoms with Crippen LogP contribution in [0.3, 0.4) is 0 Å². The molecule has 132 valence electrons. The van der Waals surface area contributed by atoms with Gasteiger partial charge in [-0.15, -0.1) is 0 Å². The SMILES string of the molecule is CC(CN1CCOCC1)OC(=O)C=Cc1cccc(C(F)(F)F)c1. The van der Waals surface area contributed by atoms with E-state index in [2.05, 4.69) is 4.90 Å². The molecular weight excluding hydrogens is 323 g/mol. The first-order chi connectivity index (χ1) is 11.3. The third-order valence-electron chi connectivity index (χ3n) is 3.56. The smallest absolute Gasteiger partial charge is 0.416 e. The van der Waals surface area contributed by atoms with Gasteiger partial charge in [0.1, 0.15) is 6.10 Å². The number of nitrogens with zero attached hydrogens (tertiary/aromatic N) is 1. The third kappa shape index (κ3) is 5.98. The maximum atomic E-state index is 12.6. The van der Waals surface area contributed by atoms with Crippen LogP contribution in [0.1, 0.15) is 18.1 Å². The molecular formula is C17H20F3NO3. The maximum Gasteiger partial charge on any atom is 0.416 e. The Hall–Kier alpha value is -1.86. The Bertz CT molecular complexity index is 581. The quantitative estimate of drug-likeness (QED) is 0.609. The van der Waals surface area contributed by atoms with Crippen molar-refractivity contribution in [1.29, 1.82) is 0 Å². The van der Waals surface area contributed by atoms with Crippen LogP contribution in [0.4, 0.5) is 13.2 Å². The Morgan fingerprint density at radius 2 is 2.08 bits per heavy atom. The molecule has 7 heteroatoms. The number of carbonyl (C=O) groups excluding carboxylic acids is 1. The Morgan fingerprint density at radius 3 is 2.75 bits per heavy atom. The van der Waals surface area contributed by atoms with Crippen molar-refractivity contribution in [2.75, 3.05) is 32.8 Å². The van der Waals surface area contributed by atoms with E-state index in [1.165, 1.54) is 18.2 Å². The van der Waals surface area contributed by atoms with Gasteiger partial charge in [0.25, 0.3) is 0 Å². The first-order valence-corrected chi connectivity index (χ1v) is 7.70. The average molecular weight is 343 g/mol. The normalized spacial score (nSPS) is 17.8. The van der Waals surface area contributed by atoms with E-state index in [0.717, 1.165) is 31.3 Å². The van der Waals surface area contributed by atoms with E-state index < -0.39 is 17.7 Å². The number of hydrogen-bond acceptors (Lipinski definition) is 4. The molecule has 1 aliphatic rings. The zero-order valence-corrected chi connectivity index (χ0v) is 13.4. The van der Waals surface area contributed by atoms with E-state index >= 15 is 0 Å². The van der Waals surface area contributed by atoms with Crippen LogP contribution in [0.15, 0.2) is 30.3 Å². The summed E-state index contributed by atoms with van der Waals surface area (Å²) in [6, 6.07) is 4.77. The lowest BCUT2D eigenvalue weighted by Gasteiger charge is -2.28. The predicted molar refractivity (Wildman–Crippen MR) is 83.3 cm³/mol. The van der Waals surface area contributed by atoms with Gasteiger partial charge in [-0.25, -0.2) is 4.79 Å². The minimum atomic E-state index is -4.41. The number of carbonyl (C=O) groups is 1. The summed E-state index contributed by atoms with van der Waals surface area (Å²) in [5.41, 5.74) is -0.457.